The van der Waals surface area contributed by atoms with E-state index in [4.69, 9.17) is 15.2 Å². The van der Waals surface area contributed by atoms with Gasteiger partial charge in [-0.3, -0.25) is 4.98 Å². The molecule has 6 heteroatoms. The number of para-hydroxylation sites is 1. The topological polar surface area (TPSA) is 86.5 Å². The minimum atomic E-state index is -1.12. The van der Waals surface area contributed by atoms with Crippen LogP contribution in [0.1, 0.15) is 39.2 Å². The van der Waals surface area contributed by atoms with E-state index in [1.165, 1.54) is 0 Å². The zero-order valence-electron chi connectivity index (χ0n) is 18.4. The van der Waals surface area contributed by atoms with E-state index in [2.05, 4.69) is 10.3 Å². The fourth-order valence-corrected chi connectivity index (χ4v) is 4.92. The lowest BCUT2D eigenvalue weighted by Gasteiger charge is -2.38. The van der Waals surface area contributed by atoms with E-state index in [1.807, 2.05) is 78.9 Å². The highest BCUT2D eigenvalue weighted by Gasteiger charge is 2.54. The van der Waals surface area contributed by atoms with E-state index >= 15 is 0 Å². The normalized spacial score (nSPS) is 18.3. The number of rotatable bonds is 5. The number of hydrogen-bond acceptors (Lipinski definition) is 6. The van der Waals surface area contributed by atoms with Gasteiger partial charge < -0.3 is 20.5 Å². The van der Waals surface area contributed by atoms with Crippen molar-refractivity contribution in [3.63, 3.8) is 0 Å². The molecule has 4 aromatic rings. The van der Waals surface area contributed by atoms with Crippen molar-refractivity contribution >= 4 is 11.7 Å². The number of pyridine rings is 1. The van der Waals surface area contributed by atoms with Crippen LogP contribution in [0.5, 0.6) is 11.5 Å². The van der Waals surface area contributed by atoms with Crippen LogP contribution >= 0.6 is 0 Å². The molecule has 168 valence electrons. The van der Waals surface area contributed by atoms with Gasteiger partial charge in [-0.15, -0.1) is 0 Å². The van der Waals surface area contributed by atoms with Crippen molar-refractivity contribution in [2.24, 2.45) is 5.73 Å². The first-order valence-electron chi connectivity index (χ1n) is 11.3. The zero-order valence-corrected chi connectivity index (χ0v) is 18.4. The van der Waals surface area contributed by atoms with Gasteiger partial charge in [0.1, 0.15) is 11.5 Å². The van der Waals surface area contributed by atoms with Gasteiger partial charge in [-0.25, -0.2) is 4.79 Å². The van der Waals surface area contributed by atoms with Gasteiger partial charge in [0.2, 0.25) is 0 Å². The van der Waals surface area contributed by atoms with Crippen molar-refractivity contribution in [3.8, 4) is 11.5 Å². The number of nitrogens with one attached hydrogen (secondary N) is 1. The van der Waals surface area contributed by atoms with Gasteiger partial charge in [0.05, 0.1) is 17.3 Å². The molecule has 0 radical (unpaired) electrons. The molecule has 3 aromatic carbocycles. The molecule has 0 saturated heterocycles. The maximum atomic E-state index is 13.0. The molecule has 2 aliphatic heterocycles. The van der Waals surface area contributed by atoms with Gasteiger partial charge in [-0.05, 0) is 49.2 Å². The first-order valence-corrected chi connectivity index (χ1v) is 11.3. The van der Waals surface area contributed by atoms with Crippen molar-refractivity contribution in [3.05, 3.63) is 119 Å². The van der Waals surface area contributed by atoms with Gasteiger partial charge in [0, 0.05) is 28.7 Å². The Morgan fingerprint density at radius 1 is 0.882 bits per heavy atom. The monoisotopic (exact) mass is 449 g/mol. The molecular weight excluding hydrogens is 426 g/mol. The van der Waals surface area contributed by atoms with Gasteiger partial charge in [-0.2, -0.15) is 0 Å². The number of aryl methyl sites for hydroxylation is 1. The summed E-state index contributed by atoms with van der Waals surface area (Å²) in [7, 11) is 0. The van der Waals surface area contributed by atoms with Gasteiger partial charge in [0.25, 0.3) is 0 Å². The molecular formula is C28H23N3O3. The molecule has 1 spiro atoms. The van der Waals surface area contributed by atoms with Crippen LogP contribution in [0.15, 0.2) is 91.1 Å². The van der Waals surface area contributed by atoms with Crippen LogP contribution in [0.2, 0.25) is 0 Å². The van der Waals surface area contributed by atoms with E-state index in [1.54, 1.807) is 12.3 Å². The number of hydrogen-bond donors (Lipinski definition) is 2. The van der Waals surface area contributed by atoms with E-state index in [-0.39, 0.29) is 12.1 Å². The minimum Gasteiger partial charge on any atom is -0.456 e. The predicted molar refractivity (Wildman–Crippen MR) is 129 cm³/mol. The Morgan fingerprint density at radius 2 is 1.65 bits per heavy atom. The highest BCUT2D eigenvalue weighted by molar-refractivity contribution is 5.97. The Kier molecular flexibility index (Phi) is 4.81. The van der Waals surface area contributed by atoms with Crippen molar-refractivity contribution in [2.75, 3.05) is 5.32 Å². The number of nitrogens with zero attached hydrogens (tertiary/aromatic N) is 1. The van der Waals surface area contributed by atoms with Gasteiger partial charge in [-0.1, -0.05) is 48.5 Å². The number of anilines is 1. The Morgan fingerprint density at radius 3 is 2.50 bits per heavy atom. The molecule has 0 bridgehead atoms. The summed E-state index contributed by atoms with van der Waals surface area (Å²) in [5.74, 6) is 0.939. The molecule has 0 saturated carbocycles. The lowest BCUT2D eigenvalue weighted by molar-refractivity contribution is 0.0226. The van der Waals surface area contributed by atoms with Gasteiger partial charge in [0.15, 0.2) is 5.60 Å². The Bertz CT molecular complexity index is 1390. The van der Waals surface area contributed by atoms with Crippen LogP contribution in [0, 0.1) is 0 Å². The molecule has 1 aromatic heterocycles. The lowest BCUT2D eigenvalue weighted by Crippen LogP contribution is -2.36. The molecule has 6 nitrogen and oxygen atoms in total. The highest BCUT2D eigenvalue weighted by Crippen LogP contribution is 2.57. The number of esters is 1. The summed E-state index contributed by atoms with van der Waals surface area (Å²) in [5.41, 5.74) is 10.0. The average Bonchev–Trinajstić information content (AvgIpc) is 3.16. The van der Waals surface area contributed by atoms with Crippen LogP contribution in [-0.2, 0) is 16.8 Å². The zero-order chi connectivity index (χ0) is 23.1. The van der Waals surface area contributed by atoms with Gasteiger partial charge >= 0.3 is 5.97 Å². The molecule has 2 atom stereocenters. The smallest absolute Gasteiger partial charge is 0.340 e. The highest BCUT2D eigenvalue weighted by atomic mass is 16.6. The molecule has 6 rings (SSSR count). The minimum absolute atomic E-state index is 0.338. The Hall–Kier alpha value is -4.16. The SMILES string of the molecule is NC(CCc1ccccn1)Nc1cccc2c1C1(OC(=O)c3ccccc31)c1ccccc1O2. The first-order chi connectivity index (χ1) is 16.7. The summed E-state index contributed by atoms with van der Waals surface area (Å²) in [4.78, 5) is 17.4. The lowest BCUT2D eigenvalue weighted by atomic mass is 9.77. The summed E-state index contributed by atoms with van der Waals surface area (Å²) < 4.78 is 12.5. The Labute approximate surface area is 197 Å². The quantitative estimate of drug-likeness (QED) is 0.330. The number of aromatic nitrogens is 1. The number of benzene rings is 3. The average molecular weight is 450 g/mol. The van der Waals surface area contributed by atoms with E-state index < -0.39 is 5.60 Å². The fourth-order valence-electron chi connectivity index (χ4n) is 4.92. The maximum absolute atomic E-state index is 13.0. The predicted octanol–water partition coefficient (Wildman–Crippen LogP) is 4.98. The third-order valence-corrected chi connectivity index (χ3v) is 6.42. The van der Waals surface area contributed by atoms with Crippen LogP contribution in [0.4, 0.5) is 5.69 Å². The number of carbonyl (C=O) groups excluding carboxylic acids is 1. The number of carbonyl (C=O) groups is 1. The molecule has 0 fully saturated rings. The Balaban J connectivity index is 1.44. The second-order valence-electron chi connectivity index (χ2n) is 8.50. The molecule has 2 aliphatic rings. The van der Waals surface area contributed by atoms with Crippen molar-refractivity contribution in [1.29, 1.82) is 0 Å². The van der Waals surface area contributed by atoms with Crippen LogP contribution in [0.25, 0.3) is 0 Å². The number of nitrogens with two attached hydrogens (primary N) is 1. The summed E-state index contributed by atoms with van der Waals surface area (Å²) in [5, 5.41) is 3.45. The standard InChI is InChI=1S/C28H23N3O3/c29-25(16-15-18-8-5-6-17-30-18)31-22-12-7-14-24-26(22)28(21-11-3-4-13-23(21)33-24)20-10-2-1-9-19(20)27(32)34-28/h1-14,17,25,31H,15-16,29H2. The van der Waals surface area contributed by atoms with Crippen molar-refractivity contribution in [1.82, 2.24) is 4.98 Å². The van der Waals surface area contributed by atoms with Crippen molar-refractivity contribution < 1.29 is 14.3 Å². The van der Waals surface area contributed by atoms with Crippen LogP contribution in [-0.4, -0.2) is 17.1 Å². The van der Waals surface area contributed by atoms with E-state index in [9.17, 15) is 4.79 Å². The largest absolute Gasteiger partial charge is 0.456 e. The third-order valence-electron chi connectivity index (χ3n) is 6.42. The maximum Gasteiger partial charge on any atom is 0.340 e. The van der Waals surface area contributed by atoms with Crippen LogP contribution < -0.4 is 15.8 Å². The fraction of sp³-hybridized carbons (Fsp3) is 0.143. The van der Waals surface area contributed by atoms with E-state index in [0.29, 0.717) is 23.5 Å². The summed E-state index contributed by atoms with van der Waals surface area (Å²) in [6, 6.07) is 26.8. The summed E-state index contributed by atoms with van der Waals surface area (Å²) >= 11 is 0. The number of fused-ring (bicyclic) bond motifs is 6. The van der Waals surface area contributed by atoms with Crippen LogP contribution in [0.3, 0.4) is 0 Å². The third kappa shape index (κ3) is 3.15. The summed E-state index contributed by atoms with van der Waals surface area (Å²) in [6.07, 6.45) is 2.87. The molecule has 0 amide bonds. The molecule has 34 heavy (non-hydrogen) atoms. The molecule has 3 N–H and O–H groups in total. The second-order valence-corrected chi connectivity index (χ2v) is 8.50. The summed E-state index contributed by atoms with van der Waals surface area (Å²) in [6.45, 7) is 0. The second kappa shape index (κ2) is 8.01. The molecule has 2 unspecified atom stereocenters. The molecule has 0 aliphatic carbocycles. The number of ether oxygens (including phenoxy) is 2. The van der Waals surface area contributed by atoms with Crippen molar-refractivity contribution in [2.45, 2.75) is 24.6 Å². The first kappa shape index (κ1) is 20.4. The van der Waals surface area contributed by atoms with E-state index in [0.717, 1.165) is 34.5 Å². The molecule has 3 heterocycles.